The molecule has 92 valence electrons. The summed E-state index contributed by atoms with van der Waals surface area (Å²) >= 11 is 0. The van der Waals surface area contributed by atoms with Gasteiger partial charge in [-0.25, -0.2) is 4.79 Å². The predicted molar refractivity (Wildman–Crippen MR) is 60.2 cm³/mol. The molecule has 5 nitrogen and oxygen atoms in total. The van der Waals surface area contributed by atoms with Crippen molar-refractivity contribution in [2.75, 3.05) is 0 Å². The highest BCUT2D eigenvalue weighted by Gasteiger charge is 2.45. The lowest BCUT2D eigenvalue weighted by molar-refractivity contribution is -0.148. The molecule has 0 aromatic rings. The average Bonchev–Trinajstić information content (AvgIpc) is 2.47. The SMILES string of the molecule is CC(C)NC(=O)NC1CCCC1(C)C(=O)O. The first-order valence-corrected chi connectivity index (χ1v) is 5.66. The molecular formula is C11H20N2O3. The van der Waals surface area contributed by atoms with Gasteiger partial charge in [0.15, 0.2) is 0 Å². The van der Waals surface area contributed by atoms with Gasteiger partial charge in [0.2, 0.25) is 0 Å². The summed E-state index contributed by atoms with van der Waals surface area (Å²) in [5.74, 6) is -0.833. The molecule has 1 rings (SSSR count). The molecule has 0 saturated heterocycles. The number of rotatable bonds is 3. The van der Waals surface area contributed by atoms with Crippen molar-refractivity contribution in [2.24, 2.45) is 5.41 Å². The molecule has 5 heteroatoms. The van der Waals surface area contributed by atoms with Crippen LogP contribution < -0.4 is 10.6 Å². The van der Waals surface area contributed by atoms with Crippen LogP contribution in [0.5, 0.6) is 0 Å². The Morgan fingerprint density at radius 2 is 2.06 bits per heavy atom. The van der Waals surface area contributed by atoms with Gasteiger partial charge in [-0.15, -0.1) is 0 Å². The fourth-order valence-electron chi connectivity index (χ4n) is 2.12. The van der Waals surface area contributed by atoms with Gasteiger partial charge in [-0.1, -0.05) is 6.42 Å². The van der Waals surface area contributed by atoms with Crippen molar-refractivity contribution in [3.8, 4) is 0 Å². The Hall–Kier alpha value is -1.26. The fourth-order valence-corrected chi connectivity index (χ4v) is 2.12. The maximum atomic E-state index is 11.5. The topological polar surface area (TPSA) is 78.4 Å². The number of carbonyl (C=O) groups excluding carboxylic acids is 1. The second kappa shape index (κ2) is 4.72. The van der Waals surface area contributed by atoms with Crippen LogP contribution in [0.2, 0.25) is 0 Å². The molecule has 0 bridgehead atoms. The maximum Gasteiger partial charge on any atom is 0.315 e. The molecule has 1 aliphatic carbocycles. The predicted octanol–water partition coefficient (Wildman–Crippen LogP) is 1.34. The lowest BCUT2D eigenvalue weighted by Crippen LogP contribution is -2.51. The van der Waals surface area contributed by atoms with Crippen LogP contribution in [-0.4, -0.2) is 29.2 Å². The molecule has 0 radical (unpaired) electrons. The zero-order valence-corrected chi connectivity index (χ0v) is 10.0. The van der Waals surface area contributed by atoms with Gasteiger partial charge in [0.25, 0.3) is 0 Å². The number of carboxylic acids is 1. The van der Waals surface area contributed by atoms with Gasteiger partial charge < -0.3 is 15.7 Å². The molecule has 2 atom stereocenters. The first-order valence-electron chi connectivity index (χ1n) is 5.66. The van der Waals surface area contributed by atoms with Crippen molar-refractivity contribution < 1.29 is 14.7 Å². The van der Waals surface area contributed by atoms with Crippen molar-refractivity contribution in [3.05, 3.63) is 0 Å². The molecule has 2 amide bonds. The van der Waals surface area contributed by atoms with E-state index in [9.17, 15) is 9.59 Å². The Balaban J connectivity index is 2.60. The van der Waals surface area contributed by atoms with E-state index in [1.807, 2.05) is 13.8 Å². The van der Waals surface area contributed by atoms with Crippen molar-refractivity contribution in [1.82, 2.24) is 10.6 Å². The first-order chi connectivity index (χ1) is 7.36. The van der Waals surface area contributed by atoms with Crippen molar-refractivity contribution in [1.29, 1.82) is 0 Å². The van der Waals surface area contributed by atoms with Gasteiger partial charge in [-0.3, -0.25) is 4.79 Å². The molecule has 0 aliphatic heterocycles. The summed E-state index contributed by atoms with van der Waals surface area (Å²) in [4.78, 5) is 22.7. The van der Waals surface area contributed by atoms with E-state index in [1.54, 1.807) is 6.92 Å². The number of urea groups is 1. The third-order valence-corrected chi connectivity index (χ3v) is 3.17. The summed E-state index contributed by atoms with van der Waals surface area (Å²) in [6.07, 6.45) is 2.19. The Morgan fingerprint density at radius 1 is 1.44 bits per heavy atom. The summed E-state index contributed by atoms with van der Waals surface area (Å²) in [5, 5.41) is 14.6. The largest absolute Gasteiger partial charge is 0.481 e. The summed E-state index contributed by atoms with van der Waals surface area (Å²) in [6, 6.07) is -0.504. The van der Waals surface area contributed by atoms with Crippen molar-refractivity contribution in [3.63, 3.8) is 0 Å². The first kappa shape index (κ1) is 12.8. The second-order valence-electron chi connectivity index (χ2n) is 4.94. The van der Waals surface area contributed by atoms with Crippen molar-refractivity contribution >= 4 is 12.0 Å². The number of carbonyl (C=O) groups is 2. The summed E-state index contributed by atoms with van der Waals surface area (Å²) in [7, 11) is 0. The van der Waals surface area contributed by atoms with Crippen LogP contribution in [-0.2, 0) is 4.79 Å². The van der Waals surface area contributed by atoms with Crippen LogP contribution in [0.15, 0.2) is 0 Å². The normalized spacial score (nSPS) is 29.1. The Bertz CT molecular complexity index is 291. The van der Waals surface area contributed by atoms with E-state index in [0.717, 1.165) is 12.8 Å². The van der Waals surface area contributed by atoms with Gasteiger partial charge in [0.1, 0.15) is 0 Å². The number of hydrogen-bond donors (Lipinski definition) is 3. The van der Waals surface area contributed by atoms with E-state index < -0.39 is 11.4 Å². The average molecular weight is 228 g/mol. The highest BCUT2D eigenvalue weighted by atomic mass is 16.4. The zero-order valence-electron chi connectivity index (χ0n) is 10.0. The van der Waals surface area contributed by atoms with E-state index in [2.05, 4.69) is 10.6 Å². The summed E-state index contributed by atoms with van der Waals surface area (Å²) in [5.41, 5.74) is -0.825. The number of nitrogens with one attached hydrogen (secondary N) is 2. The molecule has 0 heterocycles. The summed E-state index contributed by atoms with van der Waals surface area (Å²) in [6.45, 7) is 5.43. The van der Waals surface area contributed by atoms with Gasteiger partial charge in [-0.05, 0) is 33.6 Å². The molecule has 1 fully saturated rings. The molecule has 0 aromatic heterocycles. The number of aliphatic carboxylic acids is 1. The minimum absolute atomic E-state index is 0.0532. The van der Waals surface area contributed by atoms with Gasteiger partial charge in [0, 0.05) is 12.1 Å². The van der Waals surface area contributed by atoms with Crippen LogP contribution in [0.4, 0.5) is 4.79 Å². The molecular weight excluding hydrogens is 208 g/mol. The Kier molecular flexibility index (Phi) is 3.78. The molecule has 1 aliphatic rings. The quantitative estimate of drug-likeness (QED) is 0.682. The lowest BCUT2D eigenvalue weighted by atomic mass is 9.85. The minimum Gasteiger partial charge on any atom is -0.481 e. The van der Waals surface area contributed by atoms with Gasteiger partial charge in [-0.2, -0.15) is 0 Å². The van der Waals surface area contributed by atoms with E-state index in [4.69, 9.17) is 5.11 Å². The van der Waals surface area contributed by atoms with Gasteiger partial charge in [0.05, 0.1) is 5.41 Å². The molecule has 2 unspecified atom stereocenters. The molecule has 3 N–H and O–H groups in total. The highest BCUT2D eigenvalue weighted by Crippen LogP contribution is 2.38. The molecule has 16 heavy (non-hydrogen) atoms. The molecule has 0 spiro atoms. The third kappa shape index (κ3) is 2.65. The maximum absolute atomic E-state index is 11.5. The standard InChI is InChI=1S/C11H20N2O3/c1-7(2)12-10(16)13-8-5-4-6-11(8,3)9(14)15/h7-8H,4-6H2,1-3H3,(H,14,15)(H2,12,13,16). The fraction of sp³-hybridized carbons (Fsp3) is 0.818. The molecule has 0 aromatic carbocycles. The van der Waals surface area contributed by atoms with Crippen LogP contribution in [0.25, 0.3) is 0 Å². The van der Waals surface area contributed by atoms with Crippen molar-refractivity contribution in [2.45, 2.75) is 52.1 Å². The second-order valence-corrected chi connectivity index (χ2v) is 4.94. The zero-order chi connectivity index (χ0) is 12.3. The van der Waals surface area contributed by atoms with Crippen LogP contribution >= 0.6 is 0 Å². The van der Waals surface area contributed by atoms with E-state index >= 15 is 0 Å². The van der Waals surface area contributed by atoms with Crippen LogP contribution in [0, 0.1) is 5.41 Å². The smallest absolute Gasteiger partial charge is 0.315 e. The molecule has 1 saturated carbocycles. The highest BCUT2D eigenvalue weighted by molar-refractivity contribution is 5.79. The number of hydrogen-bond acceptors (Lipinski definition) is 2. The van der Waals surface area contributed by atoms with Gasteiger partial charge >= 0.3 is 12.0 Å². The lowest BCUT2D eigenvalue weighted by Gasteiger charge is -2.28. The number of carboxylic acid groups (broad SMARTS) is 1. The van der Waals surface area contributed by atoms with E-state index in [1.165, 1.54) is 0 Å². The van der Waals surface area contributed by atoms with Crippen LogP contribution in [0.1, 0.15) is 40.0 Å². The number of amides is 2. The monoisotopic (exact) mass is 228 g/mol. The van der Waals surface area contributed by atoms with E-state index in [-0.39, 0.29) is 18.1 Å². The third-order valence-electron chi connectivity index (χ3n) is 3.17. The minimum atomic E-state index is -0.833. The Labute approximate surface area is 95.6 Å². The Morgan fingerprint density at radius 3 is 2.56 bits per heavy atom. The van der Waals surface area contributed by atoms with Crippen LogP contribution in [0.3, 0.4) is 0 Å². The van der Waals surface area contributed by atoms with E-state index in [0.29, 0.717) is 6.42 Å². The summed E-state index contributed by atoms with van der Waals surface area (Å²) < 4.78 is 0.